The molecule has 1 aromatic carbocycles. The number of pyridine rings is 2. The van der Waals surface area contributed by atoms with Crippen LogP contribution in [0.3, 0.4) is 0 Å². The molecule has 0 spiro atoms. The molecule has 164 valence electrons. The number of phenols is 1. The maximum Gasteiger partial charge on any atom is 0.129 e. The van der Waals surface area contributed by atoms with Gasteiger partial charge in [0.1, 0.15) is 17.7 Å². The average molecular weight is 433 g/mol. The molecule has 0 radical (unpaired) electrons. The molecular weight excluding hydrogens is 407 g/mol. The number of anilines is 1. The molecule has 7 nitrogen and oxygen atoms in total. The van der Waals surface area contributed by atoms with Crippen molar-refractivity contribution < 1.29 is 9.50 Å². The van der Waals surface area contributed by atoms with Crippen LogP contribution >= 0.6 is 0 Å². The molecule has 2 N–H and O–H groups in total. The molecule has 2 aliphatic rings. The number of alkyl halides is 1. The Morgan fingerprint density at radius 3 is 2.69 bits per heavy atom. The van der Waals surface area contributed by atoms with Crippen LogP contribution in [0.4, 0.5) is 10.2 Å². The fourth-order valence-corrected chi connectivity index (χ4v) is 4.84. The van der Waals surface area contributed by atoms with E-state index >= 15 is 0 Å². The predicted octanol–water partition coefficient (Wildman–Crippen LogP) is 3.56. The Hall–Kier alpha value is -3.26. The van der Waals surface area contributed by atoms with Crippen molar-refractivity contribution in [1.29, 1.82) is 0 Å². The molecule has 0 bridgehead atoms. The summed E-state index contributed by atoms with van der Waals surface area (Å²) in [6.45, 7) is 1.82. The van der Waals surface area contributed by atoms with Crippen LogP contribution in [0, 0.1) is 0 Å². The van der Waals surface area contributed by atoms with Gasteiger partial charge in [0.2, 0.25) is 0 Å². The number of rotatable bonds is 4. The van der Waals surface area contributed by atoms with Crippen LogP contribution in [0.1, 0.15) is 19.3 Å². The van der Waals surface area contributed by atoms with Gasteiger partial charge in [0.05, 0.1) is 22.2 Å². The highest BCUT2D eigenvalue weighted by Gasteiger charge is 2.33. The molecule has 1 aliphatic carbocycles. The third-order valence-electron chi connectivity index (χ3n) is 6.60. The fraction of sp³-hybridized carbons (Fsp3) is 0.375. The lowest BCUT2D eigenvalue weighted by Crippen LogP contribution is -2.48. The maximum atomic E-state index is 13.1. The van der Waals surface area contributed by atoms with Crippen molar-refractivity contribution in [2.75, 3.05) is 18.0 Å². The molecule has 0 amide bonds. The first kappa shape index (κ1) is 19.4. The number of hydrogen-bond acceptors (Lipinski definition) is 6. The molecule has 3 aromatic heterocycles. The number of hydrogen-bond donors (Lipinski definition) is 2. The summed E-state index contributed by atoms with van der Waals surface area (Å²) in [5.41, 5.74) is 3.74. The largest absolute Gasteiger partial charge is 0.507 e. The molecule has 2 fully saturated rings. The SMILES string of the molecule is Cn1cc2cc(-c3ccc4nc(N5CC[C@@H](N[C@H]6C[C@@H](F)C6)C5)ccc4n3)c(O)cc2n1. The van der Waals surface area contributed by atoms with E-state index in [1.807, 2.05) is 43.6 Å². The van der Waals surface area contributed by atoms with Crippen molar-refractivity contribution >= 4 is 27.8 Å². The van der Waals surface area contributed by atoms with Crippen molar-refractivity contribution in [3.8, 4) is 17.0 Å². The van der Waals surface area contributed by atoms with E-state index in [9.17, 15) is 9.50 Å². The summed E-state index contributed by atoms with van der Waals surface area (Å²) < 4.78 is 14.8. The predicted molar refractivity (Wildman–Crippen MR) is 123 cm³/mol. The second-order valence-corrected chi connectivity index (χ2v) is 9.00. The van der Waals surface area contributed by atoms with Gasteiger partial charge in [-0.2, -0.15) is 5.10 Å². The van der Waals surface area contributed by atoms with E-state index in [1.54, 1.807) is 10.7 Å². The zero-order valence-electron chi connectivity index (χ0n) is 17.9. The molecule has 8 heteroatoms. The molecule has 4 heterocycles. The minimum atomic E-state index is -0.627. The zero-order chi connectivity index (χ0) is 21.8. The lowest BCUT2D eigenvalue weighted by atomic mass is 9.90. The van der Waals surface area contributed by atoms with E-state index < -0.39 is 6.17 Å². The van der Waals surface area contributed by atoms with Crippen LogP contribution < -0.4 is 10.2 Å². The van der Waals surface area contributed by atoms with Crippen LogP contribution in [0.25, 0.3) is 33.2 Å². The van der Waals surface area contributed by atoms with Gasteiger partial charge < -0.3 is 15.3 Å². The summed E-state index contributed by atoms with van der Waals surface area (Å²) >= 11 is 0. The molecule has 1 atom stereocenters. The van der Waals surface area contributed by atoms with Gasteiger partial charge in [0.25, 0.3) is 0 Å². The van der Waals surface area contributed by atoms with Gasteiger partial charge in [-0.1, -0.05) is 0 Å². The monoisotopic (exact) mass is 432 g/mol. The van der Waals surface area contributed by atoms with Gasteiger partial charge in [-0.05, 0) is 49.6 Å². The van der Waals surface area contributed by atoms with Crippen molar-refractivity contribution in [3.63, 3.8) is 0 Å². The first-order valence-electron chi connectivity index (χ1n) is 11.1. The molecule has 0 unspecified atom stereocenters. The summed E-state index contributed by atoms with van der Waals surface area (Å²) in [4.78, 5) is 11.9. The first-order valence-corrected chi connectivity index (χ1v) is 11.1. The summed E-state index contributed by atoms with van der Waals surface area (Å²) in [6, 6.07) is 12.1. The summed E-state index contributed by atoms with van der Waals surface area (Å²) in [5, 5.41) is 19.4. The van der Waals surface area contributed by atoms with Crippen LogP contribution in [0.2, 0.25) is 0 Å². The normalized spacial score (nSPS) is 23.2. The highest BCUT2D eigenvalue weighted by molar-refractivity contribution is 5.88. The van der Waals surface area contributed by atoms with Crippen molar-refractivity contribution in [1.82, 2.24) is 25.1 Å². The first-order chi connectivity index (χ1) is 15.5. The Bertz CT molecular complexity index is 1310. The third-order valence-corrected chi connectivity index (χ3v) is 6.60. The number of fused-ring (bicyclic) bond motifs is 2. The Labute approximate surface area is 184 Å². The van der Waals surface area contributed by atoms with Crippen molar-refractivity contribution in [2.45, 2.75) is 37.5 Å². The van der Waals surface area contributed by atoms with Gasteiger partial charge in [-0.15, -0.1) is 0 Å². The van der Waals surface area contributed by atoms with E-state index in [0.29, 0.717) is 36.2 Å². The quantitative estimate of drug-likeness (QED) is 0.513. The fourth-order valence-electron chi connectivity index (χ4n) is 4.84. The number of aromatic nitrogens is 4. The topological polar surface area (TPSA) is 79.1 Å². The Morgan fingerprint density at radius 1 is 1.03 bits per heavy atom. The second kappa shape index (κ2) is 7.41. The Balaban J connectivity index is 1.24. The number of nitrogens with one attached hydrogen (secondary N) is 1. The van der Waals surface area contributed by atoms with E-state index in [4.69, 9.17) is 9.97 Å². The van der Waals surface area contributed by atoms with Crippen molar-refractivity contribution in [3.05, 3.63) is 42.6 Å². The number of nitrogens with zero attached hydrogens (tertiary/aromatic N) is 5. The smallest absolute Gasteiger partial charge is 0.129 e. The minimum absolute atomic E-state index is 0.161. The lowest BCUT2D eigenvalue weighted by Gasteiger charge is -2.33. The Morgan fingerprint density at radius 2 is 1.84 bits per heavy atom. The van der Waals surface area contributed by atoms with E-state index in [2.05, 4.69) is 15.3 Å². The molecule has 32 heavy (non-hydrogen) atoms. The van der Waals surface area contributed by atoms with E-state index in [-0.39, 0.29) is 5.75 Å². The highest BCUT2D eigenvalue weighted by Crippen LogP contribution is 2.33. The maximum absolute atomic E-state index is 13.1. The molecule has 1 saturated carbocycles. The van der Waals surface area contributed by atoms with Gasteiger partial charge in [0, 0.05) is 55.4 Å². The zero-order valence-corrected chi connectivity index (χ0v) is 17.9. The van der Waals surface area contributed by atoms with Gasteiger partial charge in [-0.3, -0.25) is 4.68 Å². The standard InChI is InChI=1S/C24H25FN6O/c1-30-12-14-8-18(23(32)11-22(14)29-30)19-2-3-21-20(27-19)4-5-24(28-21)31-7-6-16(13-31)26-17-9-15(25)10-17/h2-5,8,11-12,15-17,26,32H,6-7,9-10,13H2,1H3/t15-,16-,17+/m1/s1. The van der Waals surface area contributed by atoms with E-state index in [1.165, 1.54) is 0 Å². The van der Waals surface area contributed by atoms with Gasteiger partial charge in [0.15, 0.2) is 0 Å². The third kappa shape index (κ3) is 3.44. The van der Waals surface area contributed by atoms with Crippen LogP contribution in [-0.4, -0.2) is 56.2 Å². The second-order valence-electron chi connectivity index (χ2n) is 9.00. The number of aromatic hydroxyl groups is 1. The Kier molecular flexibility index (Phi) is 4.50. The number of aryl methyl sites for hydroxylation is 1. The highest BCUT2D eigenvalue weighted by atomic mass is 19.1. The molecule has 1 saturated heterocycles. The van der Waals surface area contributed by atoms with Crippen LogP contribution in [0.15, 0.2) is 42.6 Å². The van der Waals surface area contributed by atoms with Crippen LogP contribution in [0.5, 0.6) is 5.75 Å². The molecule has 6 rings (SSSR count). The van der Waals surface area contributed by atoms with Gasteiger partial charge in [-0.25, -0.2) is 14.4 Å². The summed E-state index contributed by atoms with van der Waals surface area (Å²) in [6.07, 6.45) is 3.62. The van der Waals surface area contributed by atoms with Gasteiger partial charge >= 0.3 is 0 Å². The van der Waals surface area contributed by atoms with Crippen LogP contribution in [-0.2, 0) is 7.05 Å². The minimum Gasteiger partial charge on any atom is -0.507 e. The molecule has 4 aromatic rings. The van der Waals surface area contributed by atoms with Crippen molar-refractivity contribution in [2.24, 2.45) is 7.05 Å². The number of phenolic OH excluding ortho intramolecular Hbond substituents is 1. The summed E-state index contributed by atoms with van der Waals surface area (Å²) in [5.74, 6) is 1.10. The summed E-state index contributed by atoms with van der Waals surface area (Å²) in [7, 11) is 1.86. The number of benzene rings is 1. The molecular formula is C24H25FN6O. The average Bonchev–Trinajstić information content (AvgIpc) is 3.36. The van der Waals surface area contributed by atoms with E-state index in [0.717, 1.165) is 47.3 Å². The molecule has 1 aliphatic heterocycles. The number of halogens is 1. The lowest BCUT2D eigenvalue weighted by molar-refractivity contribution is 0.148.